The van der Waals surface area contributed by atoms with Gasteiger partial charge in [-0.25, -0.2) is 4.39 Å². The van der Waals surface area contributed by atoms with Crippen LogP contribution in [0.3, 0.4) is 0 Å². The van der Waals surface area contributed by atoms with Gasteiger partial charge in [0.05, 0.1) is 5.56 Å². The van der Waals surface area contributed by atoms with Crippen molar-refractivity contribution in [2.24, 2.45) is 0 Å². The number of amides is 1. The van der Waals surface area contributed by atoms with Gasteiger partial charge in [0.15, 0.2) is 0 Å². The molecule has 0 fully saturated rings. The molecule has 0 spiro atoms. The molecule has 1 aromatic carbocycles. The fourth-order valence-corrected chi connectivity index (χ4v) is 1.22. The Morgan fingerprint density at radius 2 is 2.27 bits per heavy atom. The van der Waals surface area contributed by atoms with Gasteiger partial charge in [0.2, 0.25) is 0 Å². The molecule has 1 aromatic rings. The molecular formula is C11H12FNOS. The van der Waals surface area contributed by atoms with Crippen LogP contribution in [0.4, 0.5) is 4.39 Å². The van der Waals surface area contributed by atoms with Crippen LogP contribution in [-0.2, 0) is 0 Å². The van der Waals surface area contributed by atoms with Crippen LogP contribution in [0, 0.1) is 5.82 Å². The first-order chi connectivity index (χ1) is 7.00. The van der Waals surface area contributed by atoms with E-state index in [-0.39, 0.29) is 5.56 Å². The number of hydrogen-bond acceptors (Lipinski definition) is 2. The van der Waals surface area contributed by atoms with Crippen molar-refractivity contribution in [2.75, 3.05) is 6.54 Å². The third-order valence-corrected chi connectivity index (χ3v) is 2.02. The lowest BCUT2D eigenvalue weighted by molar-refractivity contribution is 0.0953. The van der Waals surface area contributed by atoms with Crippen LogP contribution in [0.1, 0.15) is 17.3 Å². The maximum Gasteiger partial charge on any atom is 0.254 e. The second-order valence-electron chi connectivity index (χ2n) is 3.30. The van der Waals surface area contributed by atoms with E-state index in [1.165, 1.54) is 18.2 Å². The summed E-state index contributed by atoms with van der Waals surface area (Å²) in [4.78, 5) is 12.0. The van der Waals surface area contributed by atoms with Crippen LogP contribution in [0.15, 0.2) is 35.2 Å². The predicted octanol–water partition coefficient (Wildman–Crippen LogP) is 2.42. The summed E-state index contributed by atoms with van der Waals surface area (Å²) in [7, 11) is 0. The topological polar surface area (TPSA) is 29.1 Å². The number of nitrogens with one attached hydrogen (secondary N) is 1. The van der Waals surface area contributed by atoms with Gasteiger partial charge in [-0.2, -0.15) is 0 Å². The molecule has 15 heavy (non-hydrogen) atoms. The van der Waals surface area contributed by atoms with Crippen LogP contribution in [-0.4, -0.2) is 12.5 Å². The largest absolute Gasteiger partial charge is 0.348 e. The number of thiol groups is 1. The van der Waals surface area contributed by atoms with Gasteiger partial charge in [0.1, 0.15) is 5.82 Å². The summed E-state index contributed by atoms with van der Waals surface area (Å²) in [6.07, 6.45) is 0. The van der Waals surface area contributed by atoms with E-state index >= 15 is 0 Å². The van der Waals surface area contributed by atoms with Crippen molar-refractivity contribution in [3.8, 4) is 0 Å². The second kappa shape index (κ2) is 4.98. The standard InChI is InChI=1S/C11H12FNOS/c1-7(2)6-13-11(14)9-5-8(15)3-4-10(9)12/h3-5,15H,1,6H2,2H3,(H,13,14). The van der Waals surface area contributed by atoms with Crippen molar-refractivity contribution >= 4 is 18.5 Å². The Labute approximate surface area is 93.6 Å². The molecule has 80 valence electrons. The Balaban J connectivity index is 2.81. The summed E-state index contributed by atoms with van der Waals surface area (Å²) in [5, 5.41) is 2.55. The van der Waals surface area contributed by atoms with Gasteiger partial charge >= 0.3 is 0 Å². The molecule has 1 rings (SSSR count). The summed E-state index contributed by atoms with van der Waals surface area (Å²) >= 11 is 4.04. The lowest BCUT2D eigenvalue weighted by Gasteiger charge is -2.06. The molecule has 0 aliphatic heterocycles. The smallest absolute Gasteiger partial charge is 0.254 e. The molecule has 1 amide bonds. The van der Waals surface area contributed by atoms with Crippen LogP contribution >= 0.6 is 12.6 Å². The van der Waals surface area contributed by atoms with Gasteiger partial charge in [0.25, 0.3) is 5.91 Å². The Bertz CT molecular complexity index is 404. The summed E-state index contributed by atoms with van der Waals surface area (Å²) in [5.41, 5.74) is 0.814. The van der Waals surface area contributed by atoms with Crippen molar-refractivity contribution in [1.29, 1.82) is 0 Å². The van der Waals surface area contributed by atoms with Gasteiger partial charge in [-0.15, -0.1) is 12.6 Å². The summed E-state index contributed by atoms with van der Waals surface area (Å²) in [5.74, 6) is -1.00. The minimum absolute atomic E-state index is 0.00347. The SMILES string of the molecule is C=C(C)CNC(=O)c1cc(S)ccc1F. The first-order valence-corrected chi connectivity index (χ1v) is 4.86. The fraction of sp³-hybridized carbons (Fsp3) is 0.182. The Morgan fingerprint density at radius 3 is 2.87 bits per heavy atom. The van der Waals surface area contributed by atoms with Gasteiger partial charge in [-0.3, -0.25) is 4.79 Å². The molecule has 0 saturated carbocycles. The molecule has 0 saturated heterocycles. The highest BCUT2D eigenvalue weighted by Crippen LogP contribution is 2.13. The zero-order chi connectivity index (χ0) is 11.4. The number of hydrogen-bond donors (Lipinski definition) is 2. The Kier molecular flexibility index (Phi) is 3.91. The lowest BCUT2D eigenvalue weighted by Crippen LogP contribution is -2.25. The minimum atomic E-state index is -0.549. The van der Waals surface area contributed by atoms with E-state index in [9.17, 15) is 9.18 Å². The summed E-state index contributed by atoms with van der Waals surface area (Å²) in [6.45, 7) is 5.76. The third-order valence-electron chi connectivity index (χ3n) is 1.75. The molecular weight excluding hydrogens is 213 g/mol. The molecule has 4 heteroatoms. The predicted molar refractivity (Wildman–Crippen MR) is 60.8 cm³/mol. The van der Waals surface area contributed by atoms with E-state index in [2.05, 4.69) is 24.5 Å². The van der Waals surface area contributed by atoms with Crippen molar-refractivity contribution in [3.63, 3.8) is 0 Å². The van der Waals surface area contributed by atoms with Crippen molar-refractivity contribution < 1.29 is 9.18 Å². The van der Waals surface area contributed by atoms with Gasteiger partial charge in [-0.05, 0) is 25.1 Å². The van der Waals surface area contributed by atoms with Crippen LogP contribution < -0.4 is 5.32 Å². The van der Waals surface area contributed by atoms with E-state index in [0.717, 1.165) is 5.57 Å². The van der Waals surface area contributed by atoms with Crippen LogP contribution in [0.5, 0.6) is 0 Å². The Morgan fingerprint density at radius 1 is 1.60 bits per heavy atom. The maximum atomic E-state index is 13.2. The number of halogens is 1. The maximum absolute atomic E-state index is 13.2. The Hall–Kier alpha value is -1.29. The number of benzene rings is 1. The highest BCUT2D eigenvalue weighted by atomic mass is 32.1. The monoisotopic (exact) mass is 225 g/mol. The molecule has 0 bridgehead atoms. The zero-order valence-corrected chi connectivity index (χ0v) is 9.27. The van der Waals surface area contributed by atoms with Gasteiger partial charge in [0, 0.05) is 11.4 Å². The lowest BCUT2D eigenvalue weighted by atomic mass is 10.2. The van der Waals surface area contributed by atoms with E-state index in [4.69, 9.17) is 0 Å². The zero-order valence-electron chi connectivity index (χ0n) is 8.38. The molecule has 0 aromatic heterocycles. The summed E-state index contributed by atoms with van der Waals surface area (Å²) < 4.78 is 13.2. The van der Waals surface area contributed by atoms with Crippen LogP contribution in [0.2, 0.25) is 0 Å². The molecule has 0 atom stereocenters. The van der Waals surface area contributed by atoms with Crippen molar-refractivity contribution in [3.05, 3.63) is 41.7 Å². The number of rotatable bonds is 3. The molecule has 0 radical (unpaired) electrons. The molecule has 2 nitrogen and oxygen atoms in total. The van der Waals surface area contributed by atoms with Crippen molar-refractivity contribution in [2.45, 2.75) is 11.8 Å². The first kappa shape index (κ1) is 11.8. The van der Waals surface area contributed by atoms with Crippen LogP contribution in [0.25, 0.3) is 0 Å². The van der Waals surface area contributed by atoms with E-state index < -0.39 is 11.7 Å². The first-order valence-electron chi connectivity index (χ1n) is 4.42. The average Bonchev–Trinajstić information content (AvgIpc) is 2.18. The molecule has 0 unspecified atom stereocenters. The molecule has 0 heterocycles. The number of carbonyl (C=O) groups is 1. The van der Waals surface area contributed by atoms with Crippen molar-refractivity contribution in [1.82, 2.24) is 5.32 Å². The third kappa shape index (κ3) is 3.40. The van der Waals surface area contributed by atoms with E-state index in [1.54, 1.807) is 6.92 Å². The second-order valence-corrected chi connectivity index (χ2v) is 3.82. The minimum Gasteiger partial charge on any atom is -0.348 e. The fourth-order valence-electron chi connectivity index (χ4n) is 1.01. The van der Waals surface area contributed by atoms with Gasteiger partial charge < -0.3 is 5.32 Å². The van der Waals surface area contributed by atoms with E-state index in [1.807, 2.05) is 0 Å². The molecule has 0 aliphatic carbocycles. The van der Waals surface area contributed by atoms with Gasteiger partial charge in [-0.1, -0.05) is 12.2 Å². The molecule has 1 N–H and O–H groups in total. The molecule has 0 aliphatic rings. The normalized spacial score (nSPS) is 9.80. The highest BCUT2D eigenvalue weighted by Gasteiger charge is 2.10. The average molecular weight is 225 g/mol. The number of carbonyl (C=O) groups excluding carboxylic acids is 1. The quantitative estimate of drug-likeness (QED) is 0.600. The van der Waals surface area contributed by atoms with E-state index in [0.29, 0.717) is 11.4 Å². The highest BCUT2D eigenvalue weighted by molar-refractivity contribution is 7.80. The summed E-state index contributed by atoms with van der Waals surface area (Å²) in [6, 6.07) is 4.11.